The molecule has 100 valence electrons. The number of nitrogens with zero attached hydrogens (tertiary/aromatic N) is 2. The van der Waals surface area contributed by atoms with Crippen molar-refractivity contribution in [1.29, 1.82) is 0 Å². The molecule has 0 spiro atoms. The third-order valence-corrected chi connectivity index (χ3v) is 2.92. The molecule has 0 aliphatic rings. The first kappa shape index (κ1) is 13.7. The Morgan fingerprint density at radius 2 is 2.26 bits per heavy atom. The molecule has 0 aliphatic heterocycles. The SMILES string of the molecule is CC(=O)CCc1nc(Cc2ccc(F)cc2Cl)no1. The molecule has 6 heteroatoms. The number of benzene rings is 1. The van der Waals surface area contributed by atoms with Crippen molar-refractivity contribution >= 4 is 17.4 Å². The van der Waals surface area contributed by atoms with Gasteiger partial charge in [0.1, 0.15) is 11.6 Å². The van der Waals surface area contributed by atoms with Crippen LogP contribution >= 0.6 is 11.6 Å². The largest absolute Gasteiger partial charge is 0.339 e. The van der Waals surface area contributed by atoms with Gasteiger partial charge in [-0.05, 0) is 24.6 Å². The fourth-order valence-corrected chi connectivity index (χ4v) is 1.82. The van der Waals surface area contributed by atoms with Gasteiger partial charge in [-0.1, -0.05) is 22.8 Å². The van der Waals surface area contributed by atoms with E-state index in [4.69, 9.17) is 16.1 Å². The summed E-state index contributed by atoms with van der Waals surface area (Å²) in [6, 6.07) is 4.16. The number of halogens is 2. The monoisotopic (exact) mass is 282 g/mol. The second-order valence-corrected chi connectivity index (χ2v) is 4.63. The van der Waals surface area contributed by atoms with Gasteiger partial charge in [0.15, 0.2) is 5.82 Å². The number of aromatic nitrogens is 2. The van der Waals surface area contributed by atoms with Crippen LogP contribution in [0.3, 0.4) is 0 Å². The Morgan fingerprint density at radius 3 is 2.95 bits per heavy atom. The number of carbonyl (C=O) groups excluding carboxylic acids is 1. The van der Waals surface area contributed by atoms with E-state index in [1.165, 1.54) is 19.1 Å². The van der Waals surface area contributed by atoms with Crippen molar-refractivity contribution in [3.05, 3.63) is 46.3 Å². The van der Waals surface area contributed by atoms with Crippen LogP contribution in [0.25, 0.3) is 0 Å². The van der Waals surface area contributed by atoms with Crippen LogP contribution in [0.15, 0.2) is 22.7 Å². The minimum Gasteiger partial charge on any atom is -0.339 e. The van der Waals surface area contributed by atoms with Gasteiger partial charge < -0.3 is 9.32 Å². The minimum absolute atomic E-state index is 0.0707. The van der Waals surface area contributed by atoms with Crippen LogP contribution in [0.2, 0.25) is 5.02 Å². The number of hydrogen-bond acceptors (Lipinski definition) is 4. The summed E-state index contributed by atoms with van der Waals surface area (Å²) in [7, 11) is 0. The lowest BCUT2D eigenvalue weighted by Crippen LogP contribution is -1.96. The topological polar surface area (TPSA) is 56.0 Å². The molecule has 0 atom stereocenters. The summed E-state index contributed by atoms with van der Waals surface area (Å²) in [4.78, 5) is 15.0. The molecule has 0 saturated carbocycles. The first-order valence-electron chi connectivity index (χ1n) is 5.79. The zero-order valence-electron chi connectivity index (χ0n) is 10.3. The molecule has 0 radical (unpaired) electrons. The Hall–Kier alpha value is -1.75. The van der Waals surface area contributed by atoms with Crippen molar-refractivity contribution in [2.75, 3.05) is 0 Å². The van der Waals surface area contributed by atoms with Gasteiger partial charge in [-0.2, -0.15) is 4.98 Å². The van der Waals surface area contributed by atoms with E-state index in [9.17, 15) is 9.18 Å². The predicted octanol–water partition coefficient (Wildman–Crippen LogP) is 2.97. The van der Waals surface area contributed by atoms with Crippen molar-refractivity contribution in [3.63, 3.8) is 0 Å². The number of hydrogen-bond donors (Lipinski definition) is 0. The molecule has 0 unspecified atom stereocenters. The van der Waals surface area contributed by atoms with Crippen molar-refractivity contribution in [1.82, 2.24) is 10.1 Å². The number of carbonyl (C=O) groups is 1. The molecule has 1 aromatic heterocycles. The highest BCUT2D eigenvalue weighted by atomic mass is 35.5. The third kappa shape index (κ3) is 3.86. The Kier molecular flexibility index (Phi) is 4.27. The molecule has 1 heterocycles. The van der Waals surface area contributed by atoms with Crippen LogP contribution in [0, 0.1) is 5.82 Å². The number of aryl methyl sites for hydroxylation is 1. The van der Waals surface area contributed by atoms with Gasteiger partial charge in [-0.15, -0.1) is 0 Å². The Bertz CT molecular complexity index is 598. The summed E-state index contributed by atoms with van der Waals surface area (Å²) in [6.45, 7) is 1.51. The quantitative estimate of drug-likeness (QED) is 0.846. The second kappa shape index (κ2) is 5.93. The Balaban J connectivity index is 2.05. The molecular formula is C13H12ClFN2O2. The van der Waals surface area contributed by atoms with E-state index in [0.29, 0.717) is 36.0 Å². The van der Waals surface area contributed by atoms with E-state index in [2.05, 4.69) is 10.1 Å². The van der Waals surface area contributed by atoms with Gasteiger partial charge in [0.2, 0.25) is 5.89 Å². The van der Waals surface area contributed by atoms with Crippen LogP contribution in [0.4, 0.5) is 4.39 Å². The lowest BCUT2D eigenvalue weighted by atomic mass is 10.1. The van der Waals surface area contributed by atoms with Crippen LogP contribution in [-0.2, 0) is 17.6 Å². The first-order valence-corrected chi connectivity index (χ1v) is 6.17. The maximum atomic E-state index is 12.9. The van der Waals surface area contributed by atoms with Gasteiger partial charge in [0.05, 0.1) is 0 Å². The molecule has 19 heavy (non-hydrogen) atoms. The highest BCUT2D eigenvalue weighted by Gasteiger charge is 2.10. The van der Waals surface area contributed by atoms with Gasteiger partial charge in [-0.25, -0.2) is 4.39 Å². The van der Waals surface area contributed by atoms with Gasteiger partial charge >= 0.3 is 0 Å². The molecule has 2 aromatic rings. The van der Waals surface area contributed by atoms with Crippen LogP contribution in [0.5, 0.6) is 0 Å². The van der Waals surface area contributed by atoms with Crippen LogP contribution in [-0.4, -0.2) is 15.9 Å². The van der Waals surface area contributed by atoms with E-state index >= 15 is 0 Å². The average molecular weight is 283 g/mol. The maximum absolute atomic E-state index is 12.9. The molecule has 2 rings (SSSR count). The molecule has 4 nitrogen and oxygen atoms in total. The van der Waals surface area contributed by atoms with E-state index < -0.39 is 0 Å². The standard InChI is InChI=1S/C13H12ClFN2O2/c1-8(18)2-5-13-16-12(17-19-13)6-9-3-4-10(15)7-11(9)14/h3-4,7H,2,5-6H2,1H3. The highest BCUT2D eigenvalue weighted by Crippen LogP contribution is 2.19. The van der Waals surface area contributed by atoms with Crippen molar-refractivity contribution in [2.24, 2.45) is 0 Å². The highest BCUT2D eigenvalue weighted by molar-refractivity contribution is 6.31. The van der Waals surface area contributed by atoms with Crippen molar-refractivity contribution in [3.8, 4) is 0 Å². The fraction of sp³-hybridized carbons (Fsp3) is 0.308. The molecule has 0 N–H and O–H groups in total. The lowest BCUT2D eigenvalue weighted by Gasteiger charge is -2.00. The zero-order valence-corrected chi connectivity index (χ0v) is 11.1. The van der Waals surface area contributed by atoms with E-state index in [0.717, 1.165) is 5.56 Å². The van der Waals surface area contributed by atoms with Crippen molar-refractivity contribution < 1.29 is 13.7 Å². The molecule has 0 bridgehead atoms. The Morgan fingerprint density at radius 1 is 1.47 bits per heavy atom. The summed E-state index contributed by atoms with van der Waals surface area (Å²) < 4.78 is 17.9. The zero-order chi connectivity index (χ0) is 13.8. The fourth-order valence-electron chi connectivity index (χ4n) is 1.58. The van der Waals surface area contributed by atoms with E-state index in [1.807, 2.05) is 0 Å². The average Bonchev–Trinajstić information content (AvgIpc) is 2.78. The third-order valence-electron chi connectivity index (χ3n) is 2.56. The number of ketones is 1. The van der Waals surface area contributed by atoms with E-state index in [1.54, 1.807) is 6.07 Å². The van der Waals surface area contributed by atoms with Gasteiger partial charge in [-0.3, -0.25) is 0 Å². The molecule has 1 aromatic carbocycles. The minimum atomic E-state index is -0.385. The smallest absolute Gasteiger partial charge is 0.227 e. The summed E-state index contributed by atoms with van der Waals surface area (Å²) in [6.07, 6.45) is 1.17. The predicted molar refractivity (Wildman–Crippen MR) is 67.5 cm³/mol. The summed E-state index contributed by atoms with van der Waals surface area (Å²) in [5.41, 5.74) is 0.724. The maximum Gasteiger partial charge on any atom is 0.227 e. The van der Waals surface area contributed by atoms with Gasteiger partial charge in [0.25, 0.3) is 0 Å². The Labute approximate surface area is 114 Å². The van der Waals surface area contributed by atoms with E-state index in [-0.39, 0.29) is 11.6 Å². The molecule has 0 aliphatic carbocycles. The van der Waals surface area contributed by atoms with Crippen LogP contribution < -0.4 is 0 Å². The first-order chi connectivity index (χ1) is 9.04. The summed E-state index contributed by atoms with van der Waals surface area (Å²) in [5.74, 6) is 0.570. The van der Waals surface area contributed by atoms with Crippen molar-refractivity contribution in [2.45, 2.75) is 26.2 Å². The summed E-state index contributed by atoms with van der Waals surface area (Å²) >= 11 is 5.92. The molecule has 0 amide bonds. The molecular weight excluding hydrogens is 271 g/mol. The number of Topliss-reactive ketones (excluding diaryl/α,β-unsaturated/α-hetero) is 1. The lowest BCUT2D eigenvalue weighted by molar-refractivity contribution is -0.117. The molecule has 0 saturated heterocycles. The normalized spacial score (nSPS) is 10.7. The van der Waals surface area contributed by atoms with Gasteiger partial charge in [0, 0.05) is 24.3 Å². The summed E-state index contributed by atoms with van der Waals surface area (Å²) in [5, 5.41) is 4.13. The van der Waals surface area contributed by atoms with Crippen LogP contribution in [0.1, 0.15) is 30.6 Å². The number of rotatable bonds is 5. The second-order valence-electron chi connectivity index (χ2n) is 4.22. The molecule has 0 fully saturated rings.